The van der Waals surface area contributed by atoms with Crippen LogP contribution in [0.2, 0.25) is 6.04 Å². The van der Waals surface area contributed by atoms with Crippen molar-refractivity contribution in [1.82, 2.24) is 0 Å². The quantitative estimate of drug-likeness (QED) is 0.198. The molecule has 1 aliphatic rings. The summed E-state index contributed by atoms with van der Waals surface area (Å²) >= 11 is 0. The SMILES string of the molecule is CCCCC[SiH](C1=[C-]CC=C1CCCC)c1cc(C)cc(C)c1.[Cl-].[Cl-].[Cl-].[Ti+4]. The van der Waals surface area contributed by atoms with Gasteiger partial charge in [-0.3, -0.25) is 6.08 Å². The van der Waals surface area contributed by atoms with Crippen molar-refractivity contribution < 1.29 is 58.9 Å². The van der Waals surface area contributed by atoms with Gasteiger partial charge in [0.25, 0.3) is 0 Å². The Morgan fingerprint density at radius 2 is 1.48 bits per heavy atom. The zero-order chi connectivity index (χ0) is 16.7. The Bertz CT molecular complexity index is 565. The van der Waals surface area contributed by atoms with Crippen LogP contribution in [0.3, 0.4) is 0 Å². The van der Waals surface area contributed by atoms with Crippen LogP contribution in [0, 0.1) is 19.9 Å². The molecule has 1 aromatic rings. The number of unbranched alkanes of at least 4 members (excludes halogenated alkanes) is 3. The molecule has 0 nitrogen and oxygen atoms in total. The third-order valence-electron chi connectivity index (χ3n) is 4.88. The minimum Gasteiger partial charge on any atom is -1.00 e. The number of rotatable bonds is 9. The van der Waals surface area contributed by atoms with E-state index in [0.29, 0.717) is 0 Å². The third-order valence-corrected chi connectivity index (χ3v) is 8.27. The largest absolute Gasteiger partial charge is 4.00 e. The first-order valence-corrected chi connectivity index (χ1v) is 11.5. The molecule has 2 rings (SSSR count). The topological polar surface area (TPSA) is 0 Å². The van der Waals surface area contributed by atoms with Crippen molar-refractivity contribution in [3.05, 3.63) is 52.2 Å². The Morgan fingerprint density at radius 3 is 2.04 bits per heavy atom. The molecular formula is C22H33Cl3SiTi. The summed E-state index contributed by atoms with van der Waals surface area (Å²) in [6, 6.07) is 8.63. The van der Waals surface area contributed by atoms with Gasteiger partial charge in [-0.1, -0.05) is 92.9 Å². The summed E-state index contributed by atoms with van der Waals surface area (Å²) in [6.07, 6.45) is 15.2. The van der Waals surface area contributed by atoms with Crippen LogP contribution in [-0.4, -0.2) is 8.80 Å². The van der Waals surface area contributed by atoms with Gasteiger partial charge in [-0.25, -0.2) is 10.8 Å². The summed E-state index contributed by atoms with van der Waals surface area (Å²) < 4.78 is 0. The fraction of sp³-hybridized carbons (Fsp3) is 0.545. The van der Waals surface area contributed by atoms with Crippen molar-refractivity contribution in [2.45, 2.75) is 78.7 Å². The van der Waals surface area contributed by atoms with Gasteiger partial charge in [0, 0.05) is 0 Å². The van der Waals surface area contributed by atoms with Crippen molar-refractivity contribution in [2.75, 3.05) is 0 Å². The molecule has 0 spiro atoms. The van der Waals surface area contributed by atoms with Crippen LogP contribution in [0.4, 0.5) is 0 Å². The molecule has 0 bridgehead atoms. The molecule has 150 valence electrons. The molecule has 0 aliphatic heterocycles. The van der Waals surface area contributed by atoms with E-state index in [0.717, 1.165) is 6.42 Å². The van der Waals surface area contributed by atoms with E-state index in [1.807, 2.05) is 0 Å². The van der Waals surface area contributed by atoms with E-state index in [9.17, 15) is 0 Å². The average molecular weight is 480 g/mol. The summed E-state index contributed by atoms with van der Waals surface area (Å²) in [7, 11) is -1.10. The number of aryl methyl sites for hydroxylation is 2. The summed E-state index contributed by atoms with van der Waals surface area (Å²) in [6.45, 7) is 9.09. The fourth-order valence-electron chi connectivity index (χ4n) is 3.75. The average Bonchev–Trinajstić information content (AvgIpc) is 2.96. The molecule has 0 saturated heterocycles. The van der Waals surface area contributed by atoms with Crippen molar-refractivity contribution >= 4 is 14.0 Å². The van der Waals surface area contributed by atoms with E-state index in [1.165, 1.54) is 55.7 Å². The van der Waals surface area contributed by atoms with Gasteiger partial charge in [0.05, 0.1) is 8.80 Å². The maximum absolute atomic E-state index is 3.77. The molecule has 1 aliphatic carbocycles. The zero-order valence-electron chi connectivity index (χ0n) is 17.2. The predicted molar refractivity (Wildman–Crippen MR) is 106 cm³/mol. The van der Waals surface area contributed by atoms with Gasteiger partial charge >= 0.3 is 21.7 Å². The summed E-state index contributed by atoms with van der Waals surface area (Å²) in [5.41, 5.74) is 4.48. The Hall–Kier alpha value is 0.501. The smallest absolute Gasteiger partial charge is 1.00 e. The van der Waals surface area contributed by atoms with Crippen molar-refractivity contribution in [1.29, 1.82) is 0 Å². The Labute approximate surface area is 202 Å². The zero-order valence-corrected chi connectivity index (χ0v) is 22.2. The predicted octanol–water partition coefficient (Wildman–Crippen LogP) is -3.27. The first-order chi connectivity index (χ1) is 11.2. The van der Waals surface area contributed by atoms with Gasteiger partial charge in [-0.2, -0.15) is 6.08 Å². The molecule has 0 heterocycles. The van der Waals surface area contributed by atoms with Crippen molar-refractivity contribution in [2.24, 2.45) is 0 Å². The number of hydrogen-bond donors (Lipinski definition) is 0. The number of allylic oxidation sites excluding steroid dienone is 4. The molecule has 1 unspecified atom stereocenters. The summed E-state index contributed by atoms with van der Waals surface area (Å²) in [4.78, 5) is 0. The van der Waals surface area contributed by atoms with Crippen LogP contribution >= 0.6 is 0 Å². The molecule has 0 aromatic heterocycles. The molecule has 0 amide bonds. The van der Waals surface area contributed by atoms with Gasteiger partial charge in [-0.05, 0) is 13.8 Å². The molecule has 0 radical (unpaired) electrons. The number of halogens is 3. The van der Waals surface area contributed by atoms with Gasteiger partial charge in [0.1, 0.15) is 0 Å². The summed E-state index contributed by atoms with van der Waals surface area (Å²) in [5, 5.41) is 3.30. The normalized spacial score (nSPS) is 13.2. The van der Waals surface area contributed by atoms with E-state index >= 15 is 0 Å². The van der Waals surface area contributed by atoms with Gasteiger partial charge in [0.2, 0.25) is 0 Å². The second-order valence-electron chi connectivity index (χ2n) is 7.10. The van der Waals surface area contributed by atoms with E-state index < -0.39 is 8.80 Å². The Morgan fingerprint density at radius 1 is 0.889 bits per heavy atom. The molecule has 0 fully saturated rings. The van der Waals surface area contributed by atoms with Crippen LogP contribution in [-0.2, 0) is 21.7 Å². The standard InChI is InChI=1S/C22H33Si.3ClH.Ti/c1-5-7-9-14-23(21-16-18(3)15-19(4)17-21)22-13-10-12-20(22)11-8-6-2;;;;/h12,15-17,23H,5-11,14H2,1-4H3;3*1H;/q-1;;;;+4/p-3. The van der Waals surface area contributed by atoms with Crippen LogP contribution in [0.1, 0.15) is 69.9 Å². The second-order valence-corrected chi connectivity index (χ2v) is 10.0. The molecule has 0 saturated carbocycles. The fourth-order valence-corrected chi connectivity index (χ4v) is 7.40. The van der Waals surface area contributed by atoms with Crippen LogP contribution in [0.5, 0.6) is 0 Å². The van der Waals surface area contributed by atoms with Crippen LogP contribution < -0.4 is 42.4 Å². The van der Waals surface area contributed by atoms with E-state index in [1.54, 1.807) is 16.0 Å². The Kier molecular flexibility index (Phi) is 20.7. The van der Waals surface area contributed by atoms with Crippen LogP contribution in [0.25, 0.3) is 0 Å². The summed E-state index contributed by atoms with van der Waals surface area (Å²) in [5.74, 6) is 0. The monoisotopic (exact) mass is 478 g/mol. The molecule has 1 aromatic carbocycles. The third kappa shape index (κ3) is 10.2. The molecule has 0 N–H and O–H groups in total. The molecular weight excluding hydrogens is 447 g/mol. The number of hydrogen-bond acceptors (Lipinski definition) is 0. The minimum atomic E-state index is -1.10. The maximum atomic E-state index is 3.77. The first kappa shape index (κ1) is 32.2. The van der Waals surface area contributed by atoms with Gasteiger partial charge in [-0.15, -0.1) is 6.42 Å². The molecule has 5 heteroatoms. The Balaban J connectivity index is -0.00000144. The second kappa shape index (κ2) is 17.4. The number of benzene rings is 1. The van der Waals surface area contributed by atoms with Crippen molar-refractivity contribution in [3.63, 3.8) is 0 Å². The molecule has 1 atom stereocenters. The van der Waals surface area contributed by atoms with Gasteiger partial charge < -0.3 is 37.2 Å². The van der Waals surface area contributed by atoms with Crippen LogP contribution in [0.15, 0.2) is 35.0 Å². The minimum absolute atomic E-state index is 0. The van der Waals surface area contributed by atoms with E-state index in [4.69, 9.17) is 0 Å². The molecule has 27 heavy (non-hydrogen) atoms. The van der Waals surface area contributed by atoms with Gasteiger partial charge in [0.15, 0.2) is 0 Å². The van der Waals surface area contributed by atoms with Crippen molar-refractivity contribution in [3.8, 4) is 0 Å². The van der Waals surface area contributed by atoms with E-state index in [2.05, 4.69) is 58.0 Å². The maximum Gasteiger partial charge on any atom is 4.00 e. The first-order valence-electron chi connectivity index (χ1n) is 9.54. The van der Waals surface area contributed by atoms with E-state index in [-0.39, 0.29) is 58.9 Å².